The van der Waals surface area contributed by atoms with E-state index in [9.17, 15) is 4.79 Å². The van der Waals surface area contributed by atoms with E-state index in [2.05, 4.69) is 0 Å². The molecule has 0 aliphatic carbocycles. The highest BCUT2D eigenvalue weighted by atomic mass is 31.2. The van der Waals surface area contributed by atoms with Gasteiger partial charge in [0.2, 0.25) is 8.38 Å². The lowest BCUT2D eigenvalue weighted by molar-refractivity contribution is -0.140. The van der Waals surface area contributed by atoms with Gasteiger partial charge in [0, 0.05) is 0 Å². The van der Waals surface area contributed by atoms with Gasteiger partial charge in [-0.25, -0.2) is 0 Å². The number of esters is 1. The van der Waals surface area contributed by atoms with Gasteiger partial charge in [-0.05, 0) is 24.6 Å². The van der Waals surface area contributed by atoms with Crippen molar-refractivity contribution in [2.75, 3.05) is 7.11 Å². The highest BCUT2D eigenvalue weighted by Gasteiger charge is 2.29. The van der Waals surface area contributed by atoms with Crippen molar-refractivity contribution >= 4 is 14.3 Å². The zero-order chi connectivity index (χ0) is 15.8. The molecule has 2 aromatic carbocycles. The first-order valence-electron chi connectivity index (χ1n) is 6.97. The minimum absolute atomic E-state index is 0.338. The highest BCUT2D eigenvalue weighted by Crippen LogP contribution is 2.45. The van der Waals surface area contributed by atoms with E-state index < -0.39 is 14.0 Å². The molecule has 0 N–H and O–H groups in total. The van der Waals surface area contributed by atoms with E-state index in [4.69, 9.17) is 13.8 Å². The molecule has 0 radical (unpaired) electrons. The number of para-hydroxylation sites is 1. The van der Waals surface area contributed by atoms with Crippen molar-refractivity contribution in [2.24, 2.45) is 0 Å². The lowest BCUT2D eigenvalue weighted by Gasteiger charge is -2.22. The van der Waals surface area contributed by atoms with E-state index in [1.54, 1.807) is 6.92 Å². The second-order valence-corrected chi connectivity index (χ2v) is 6.43. The molecule has 22 heavy (non-hydrogen) atoms. The molecule has 2 atom stereocenters. The van der Waals surface area contributed by atoms with Crippen molar-refractivity contribution < 1.29 is 18.6 Å². The molecule has 0 aliphatic rings. The van der Waals surface area contributed by atoms with Crippen LogP contribution in [0.4, 0.5) is 0 Å². The van der Waals surface area contributed by atoms with Crippen molar-refractivity contribution in [3.05, 3.63) is 66.2 Å². The van der Waals surface area contributed by atoms with Crippen LogP contribution in [0.5, 0.6) is 5.75 Å². The fourth-order valence-corrected chi connectivity index (χ4v) is 3.09. The third-order valence-electron chi connectivity index (χ3n) is 3.00. The number of hydrogen-bond donors (Lipinski definition) is 0. The molecule has 0 saturated carbocycles. The second-order valence-electron chi connectivity index (χ2n) is 4.65. The molecule has 0 fully saturated rings. The molecule has 0 bridgehead atoms. The molecule has 2 unspecified atom stereocenters. The molecule has 116 valence electrons. The van der Waals surface area contributed by atoms with Gasteiger partial charge in [0.25, 0.3) is 0 Å². The van der Waals surface area contributed by atoms with E-state index in [1.165, 1.54) is 7.11 Å². The Morgan fingerprint density at radius 1 is 1.05 bits per heavy atom. The molecule has 2 rings (SSSR count). The Morgan fingerprint density at radius 2 is 1.64 bits per heavy atom. The first kappa shape index (κ1) is 16.5. The fraction of sp³-hybridized carbons (Fsp3) is 0.235. The van der Waals surface area contributed by atoms with Crippen molar-refractivity contribution in [1.29, 1.82) is 0 Å². The Balaban J connectivity index is 2.05. The minimum atomic E-state index is -1.44. The van der Waals surface area contributed by atoms with Gasteiger partial charge in [-0.3, -0.25) is 4.79 Å². The molecule has 2 aromatic rings. The Hall–Kier alpha value is -1.90. The van der Waals surface area contributed by atoms with E-state index in [0.29, 0.717) is 12.4 Å². The van der Waals surface area contributed by atoms with E-state index >= 15 is 0 Å². The summed E-state index contributed by atoms with van der Waals surface area (Å²) >= 11 is 0. The summed E-state index contributed by atoms with van der Waals surface area (Å²) in [5, 5.41) is 0. The Morgan fingerprint density at radius 3 is 2.23 bits per heavy atom. The molecule has 0 amide bonds. The van der Waals surface area contributed by atoms with Gasteiger partial charge in [-0.1, -0.05) is 48.5 Å². The Bertz CT molecular complexity index is 574. The summed E-state index contributed by atoms with van der Waals surface area (Å²) < 4.78 is 16.5. The summed E-state index contributed by atoms with van der Waals surface area (Å²) in [5.41, 5.74) is 0.563. The summed E-state index contributed by atoms with van der Waals surface area (Å²) in [6, 6.07) is 19.1. The van der Waals surface area contributed by atoms with Gasteiger partial charge in [0.05, 0.1) is 13.7 Å². The fourth-order valence-electron chi connectivity index (χ4n) is 1.77. The van der Waals surface area contributed by atoms with Crippen LogP contribution in [0.3, 0.4) is 0 Å². The van der Waals surface area contributed by atoms with Gasteiger partial charge in [0.15, 0.2) is 0 Å². The van der Waals surface area contributed by atoms with Gasteiger partial charge >= 0.3 is 5.97 Å². The predicted octanol–water partition coefficient (Wildman–Crippen LogP) is 4.16. The maximum Gasteiger partial charge on any atom is 0.318 e. The van der Waals surface area contributed by atoms with Crippen molar-refractivity contribution in [3.63, 3.8) is 0 Å². The van der Waals surface area contributed by atoms with Crippen molar-refractivity contribution in [3.8, 4) is 5.75 Å². The molecule has 0 aromatic heterocycles. The maximum atomic E-state index is 11.8. The van der Waals surface area contributed by atoms with Crippen LogP contribution >= 0.6 is 8.38 Å². The number of methoxy groups -OCH3 is 1. The normalized spacial score (nSPS) is 13.2. The minimum Gasteiger partial charge on any atom is -0.468 e. The largest absolute Gasteiger partial charge is 0.468 e. The number of benzene rings is 2. The van der Waals surface area contributed by atoms with Crippen LogP contribution in [-0.2, 0) is 20.7 Å². The monoisotopic (exact) mass is 318 g/mol. The quantitative estimate of drug-likeness (QED) is 0.568. The SMILES string of the molecule is COC(=O)C(C)P(OCc1ccccc1)Oc1ccccc1. The highest BCUT2D eigenvalue weighted by molar-refractivity contribution is 7.49. The Labute approximate surface area is 131 Å². The molecule has 0 spiro atoms. The van der Waals surface area contributed by atoms with Crippen LogP contribution in [0.1, 0.15) is 12.5 Å². The molecule has 4 nitrogen and oxygen atoms in total. The summed E-state index contributed by atoms with van der Waals surface area (Å²) in [5.74, 6) is 0.340. The number of hydrogen-bond acceptors (Lipinski definition) is 4. The molecule has 0 aliphatic heterocycles. The first-order valence-corrected chi connectivity index (χ1v) is 8.22. The number of carbonyl (C=O) groups excluding carboxylic acids is 1. The number of carbonyl (C=O) groups is 1. The average molecular weight is 318 g/mol. The molecular formula is C17H19O4P. The Kier molecular flexibility index (Phi) is 6.38. The van der Waals surface area contributed by atoms with Crippen LogP contribution in [0.2, 0.25) is 0 Å². The third-order valence-corrected chi connectivity index (χ3v) is 4.62. The lowest BCUT2D eigenvalue weighted by Crippen LogP contribution is -2.20. The van der Waals surface area contributed by atoms with Crippen LogP contribution in [0, 0.1) is 0 Å². The maximum absolute atomic E-state index is 11.8. The van der Waals surface area contributed by atoms with E-state index in [-0.39, 0.29) is 5.97 Å². The summed E-state index contributed by atoms with van der Waals surface area (Å²) in [7, 11) is -0.0745. The van der Waals surface area contributed by atoms with E-state index in [0.717, 1.165) is 5.56 Å². The molecule has 0 heterocycles. The van der Waals surface area contributed by atoms with E-state index in [1.807, 2.05) is 60.7 Å². The van der Waals surface area contributed by atoms with Gasteiger partial charge < -0.3 is 13.8 Å². The zero-order valence-electron chi connectivity index (χ0n) is 12.6. The van der Waals surface area contributed by atoms with Gasteiger partial charge in [-0.2, -0.15) is 0 Å². The standard InChI is InChI=1S/C17H19O4P/c1-14(17(18)19-2)22(21-16-11-7-4-8-12-16)20-13-15-9-5-3-6-10-15/h3-12,14H,13H2,1-2H3. The summed E-state index contributed by atoms with van der Waals surface area (Å²) in [4.78, 5) is 11.8. The van der Waals surface area contributed by atoms with Crippen molar-refractivity contribution in [1.82, 2.24) is 0 Å². The van der Waals surface area contributed by atoms with Crippen LogP contribution in [0.15, 0.2) is 60.7 Å². The predicted molar refractivity (Wildman–Crippen MR) is 86.7 cm³/mol. The average Bonchev–Trinajstić information content (AvgIpc) is 2.59. The molecular weight excluding hydrogens is 299 g/mol. The summed E-state index contributed by atoms with van der Waals surface area (Å²) in [6.07, 6.45) is 0. The second kappa shape index (κ2) is 8.52. The summed E-state index contributed by atoms with van der Waals surface area (Å²) in [6.45, 7) is 2.15. The number of rotatable bonds is 7. The van der Waals surface area contributed by atoms with Gasteiger partial charge in [-0.15, -0.1) is 0 Å². The topological polar surface area (TPSA) is 44.8 Å². The van der Waals surface area contributed by atoms with Crippen LogP contribution in [0.25, 0.3) is 0 Å². The zero-order valence-corrected chi connectivity index (χ0v) is 13.5. The van der Waals surface area contributed by atoms with Gasteiger partial charge in [0.1, 0.15) is 11.4 Å². The van der Waals surface area contributed by atoms with Crippen LogP contribution in [-0.4, -0.2) is 18.7 Å². The lowest BCUT2D eigenvalue weighted by atomic mass is 10.2. The smallest absolute Gasteiger partial charge is 0.318 e. The molecule has 5 heteroatoms. The number of ether oxygens (including phenoxy) is 1. The van der Waals surface area contributed by atoms with Crippen molar-refractivity contribution in [2.45, 2.75) is 19.2 Å². The third kappa shape index (κ3) is 4.83. The first-order chi connectivity index (χ1) is 10.7. The van der Waals surface area contributed by atoms with Crippen LogP contribution < -0.4 is 4.52 Å². The molecule has 0 saturated heterocycles.